The van der Waals surface area contributed by atoms with Crippen LogP contribution in [0.4, 0.5) is 13.2 Å². The first-order chi connectivity index (χ1) is 15.7. The van der Waals surface area contributed by atoms with Gasteiger partial charge in [-0.3, -0.25) is 9.48 Å². The third-order valence-corrected chi connectivity index (χ3v) is 5.34. The Hall–Kier alpha value is -3.69. The smallest absolute Gasteiger partial charge is 0.348 e. The second kappa shape index (κ2) is 8.68. The summed E-state index contributed by atoms with van der Waals surface area (Å²) in [4.78, 5) is 17.2. The summed E-state index contributed by atoms with van der Waals surface area (Å²) in [6.07, 6.45) is -0.162. The minimum Gasteiger partial charge on any atom is -0.348 e. The summed E-state index contributed by atoms with van der Waals surface area (Å²) in [5, 5.41) is 10.6. The Morgan fingerprint density at radius 3 is 2.45 bits per heavy atom. The maximum atomic E-state index is 13.8. The van der Waals surface area contributed by atoms with E-state index in [0.717, 1.165) is 23.4 Å². The summed E-state index contributed by atoms with van der Waals surface area (Å²) in [6.45, 7) is 6.87. The Morgan fingerprint density at radius 2 is 1.85 bits per heavy atom. The van der Waals surface area contributed by atoms with Crippen LogP contribution in [0.25, 0.3) is 16.9 Å². The molecule has 0 unspecified atom stereocenters. The van der Waals surface area contributed by atoms with Gasteiger partial charge in [0.2, 0.25) is 0 Å². The minimum atomic E-state index is -4.68. The maximum absolute atomic E-state index is 13.8. The summed E-state index contributed by atoms with van der Waals surface area (Å²) in [5.74, 6) is -0.281. The Morgan fingerprint density at radius 1 is 1.12 bits per heavy atom. The highest BCUT2D eigenvalue weighted by atomic mass is 19.4. The number of fused-ring (bicyclic) bond motifs is 1. The molecule has 1 amide bonds. The minimum absolute atomic E-state index is 0.0379. The van der Waals surface area contributed by atoms with Gasteiger partial charge < -0.3 is 5.32 Å². The summed E-state index contributed by atoms with van der Waals surface area (Å²) in [5.41, 5.74) is 1.27. The van der Waals surface area contributed by atoms with Gasteiger partial charge in [0.15, 0.2) is 11.3 Å². The molecule has 0 bridgehead atoms. The highest BCUT2D eigenvalue weighted by Crippen LogP contribution is 2.33. The van der Waals surface area contributed by atoms with E-state index in [1.165, 1.54) is 0 Å². The van der Waals surface area contributed by atoms with E-state index >= 15 is 0 Å². The number of nitrogens with one attached hydrogen (secondary N) is 1. The number of hydrogen-bond acceptors (Lipinski definition) is 4. The molecule has 4 rings (SSSR count). The van der Waals surface area contributed by atoms with Gasteiger partial charge in [-0.1, -0.05) is 38.1 Å². The van der Waals surface area contributed by atoms with Crippen LogP contribution in [0.2, 0.25) is 0 Å². The lowest BCUT2D eigenvalue weighted by atomic mass is 10.0. The Labute approximate surface area is 188 Å². The lowest BCUT2D eigenvalue weighted by molar-refractivity contribution is -0.142. The van der Waals surface area contributed by atoms with Crippen LogP contribution >= 0.6 is 0 Å². The number of rotatable bonds is 6. The quantitative estimate of drug-likeness (QED) is 0.457. The number of nitrogens with zero attached hydrogens (tertiary/aromatic N) is 5. The second-order valence-electron chi connectivity index (χ2n) is 7.98. The van der Waals surface area contributed by atoms with Gasteiger partial charge in [0.1, 0.15) is 5.56 Å². The lowest BCUT2D eigenvalue weighted by Crippen LogP contribution is -2.23. The van der Waals surface area contributed by atoms with Crippen LogP contribution in [0.1, 0.15) is 53.9 Å². The number of amides is 1. The number of aromatic nitrogens is 5. The van der Waals surface area contributed by atoms with Crippen LogP contribution in [-0.4, -0.2) is 30.3 Å². The molecule has 4 aromatic rings. The van der Waals surface area contributed by atoms with E-state index in [0.29, 0.717) is 16.6 Å². The lowest BCUT2D eigenvalue weighted by Gasteiger charge is -2.12. The zero-order chi connectivity index (χ0) is 23.8. The van der Waals surface area contributed by atoms with Crippen molar-refractivity contribution in [3.63, 3.8) is 0 Å². The zero-order valence-corrected chi connectivity index (χ0v) is 18.4. The van der Waals surface area contributed by atoms with Crippen LogP contribution in [0.5, 0.6) is 0 Å². The Kier molecular flexibility index (Phi) is 5.92. The highest BCUT2D eigenvalue weighted by molar-refractivity contribution is 5.99. The predicted molar refractivity (Wildman–Crippen MR) is 117 cm³/mol. The van der Waals surface area contributed by atoms with E-state index in [9.17, 15) is 18.0 Å². The molecule has 0 fully saturated rings. The van der Waals surface area contributed by atoms with E-state index in [1.807, 2.05) is 32.9 Å². The van der Waals surface area contributed by atoms with Crippen molar-refractivity contribution >= 4 is 11.6 Å². The van der Waals surface area contributed by atoms with Gasteiger partial charge in [-0.25, -0.2) is 9.50 Å². The molecule has 0 aliphatic rings. The fourth-order valence-corrected chi connectivity index (χ4v) is 3.46. The maximum Gasteiger partial charge on any atom is 0.433 e. The molecule has 0 saturated carbocycles. The monoisotopic (exact) mass is 456 g/mol. The number of carbonyl (C=O) groups is 1. The third-order valence-electron chi connectivity index (χ3n) is 5.34. The van der Waals surface area contributed by atoms with Gasteiger partial charge in [-0.05, 0) is 24.5 Å². The number of alkyl halides is 3. The molecule has 1 N–H and O–H groups in total. The molecule has 33 heavy (non-hydrogen) atoms. The van der Waals surface area contributed by atoms with Gasteiger partial charge in [0.05, 0.1) is 18.1 Å². The summed E-state index contributed by atoms with van der Waals surface area (Å²) in [6, 6.07) is 8.13. The van der Waals surface area contributed by atoms with Gasteiger partial charge in [-0.2, -0.15) is 23.4 Å². The van der Waals surface area contributed by atoms with Crippen molar-refractivity contribution in [2.24, 2.45) is 0 Å². The fraction of sp³-hybridized carbons (Fsp3) is 0.304. The average molecular weight is 456 g/mol. The molecule has 0 radical (unpaired) electrons. The van der Waals surface area contributed by atoms with Crippen molar-refractivity contribution in [3.05, 3.63) is 71.3 Å². The van der Waals surface area contributed by atoms with E-state index in [1.54, 1.807) is 29.2 Å². The molecule has 0 atom stereocenters. The second-order valence-corrected chi connectivity index (χ2v) is 7.98. The first-order valence-electron chi connectivity index (χ1n) is 10.5. The predicted octanol–water partition coefficient (Wildman–Crippen LogP) is 4.68. The first kappa shape index (κ1) is 22.5. The average Bonchev–Trinajstić information content (AvgIpc) is 3.43. The van der Waals surface area contributed by atoms with Gasteiger partial charge in [-0.15, -0.1) is 0 Å². The molecule has 172 valence electrons. The molecular formula is C23H23F3N6O. The molecule has 0 saturated heterocycles. The van der Waals surface area contributed by atoms with Gasteiger partial charge in [0.25, 0.3) is 5.91 Å². The molecule has 7 nitrogen and oxygen atoms in total. The molecule has 3 aromatic heterocycles. The van der Waals surface area contributed by atoms with Crippen molar-refractivity contribution in [1.82, 2.24) is 29.7 Å². The normalized spacial score (nSPS) is 12.0. The van der Waals surface area contributed by atoms with Crippen molar-refractivity contribution in [1.29, 1.82) is 0 Å². The van der Waals surface area contributed by atoms with Crippen LogP contribution in [0.15, 0.2) is 48.9 Å². The zero-order valence-electron chi connectivity index (χ0n) is 18.4. The van der Waals surface area contributed by atoms with Crippen molar-refractivity contribution in [3.8, 4) is 11.3 Å². The summed E-state index contributed by atoms with van der Waals surface area (Å²) < 4.78 is 43.8. The van der Waals surface area contributed by atoms with Gasteiger partial charge in [0, 0.05) is 30.4 Å². The summed E-state index contributed by atoms with van der Waals surface area (Å²) in [7, 11) is 0. The highest BCUT2D eigenvalue weighted by Gasteiger charge is 2.36. The molecule has 0 aliphatic heterocycles. The largest absolute Gasteiger partial charge is 0.433 e. The van der Waals surface area contributed by atoms with Crippen molar-refractivity contribution in [2.75, 3.05) is 0 Å². The first-order valence-corrected chi connectivity index (χ1v) is 10.5. The molecule has 0 aliphatic carbocycles. The van der Waals surface area contributed by atoms with Crippen LogP contribution in [0.3, 0.4) is 0 Å². The standard InChI is InChI=1S/C23H23F3N6O/c1-4-31-13-15(11-28-31)10-27-22(33)18-12-29-32-20(23(24,25)26)9-19(30-21(18)32)17-7-5-16(6-8-17)14(2)3/h5-9,11-14H,4,10H2,1-3H3,(H,27,33). The van der Waals surface area contributed by atoms with E-state index in [2.05, 4.69) is 20.5 Å². The molecule has 0 spiro atoms. The number of benzene rings is 1. The molecule has 10 heteroatoms. The van der Waals surface area contributed by atoms with E-state index < -0.39 is 17.8 Å². The Bertz CT molecular complexity index is 1290. The molecule has 1 aromatic carbocycles. The molecular weight excluding hydrogens is 433 g/mol. The van der Waals surface area contributed by atoms with Crippen LogP contribution in [0, 0.1) is 0 Å². The summed E-state index contributed by atoms with van der Waals surface area (Å²) >= 11 is 0. The van der Waals surface area contributed by atoms with Crippen LogP contribution < -0.4 is 5.32 Å². The topological polar surface area (TPSA) is 77.1 Å². The van der Waals surface area contributed by atoms with Crippen molar-refractivity contribution in [2.45, 2.75) is 46.0 Å². The molecule has 3 heterocycles. The number of halogens is 3. The third kappa shape index (κ3) is 4.59. The number of aryl methyl sites for hydroxylation is 1. The number of hydrogen-bond donors (Lipinski definition) is 1. The fourth-order valence-electron chi connectivity index (χ4n) is 3.46. The van der Waals surface area contributed by atoms with Gasteiger partial charge >= 0.3 is 6.18 Å². The van der Waals surface area contributed by atoms with E-state index in [-0.39, 0.29) is 29.4 Å². The SMILES string of the molecule is CCn1cc(CNC(=O)c2cnn3c(C(F)(F)F)cc(-c4ccc(C(C)C)cc4)nc23)cn1. The van der Waals surface area contributed by atoms with Crippen LogP contribution in [-0.2, 0) is 19.3 Å². The van der Waals surface area contributed by atoms with E-state index in [4.69, 9.17) is 0 Å². The number of carbonyl (C=O) groups excluding carboxylic acids is 1. The Balaban J connectivity index is 1.72. The van der Waals surface area contributed by atoms with Crippen molar-refractivity contribution < 1.29 is 18.0 Å².